The van der Waals surface area contributed by atoms with E-state index < -0.39 is 0 Å². The summed E-state index contributed by atoms with van der Waals surface area (Å²) in [4.78, 5) is 22.1. The molecule has 0 aliphatic heterocycles. The van der Waals surface area contributed by atoms with Crippen LogP contribution >= 0.6 is 0 Å². The summed E-state index contributed by atoms with van der Waals surface area (Å²) in [6.07, 6.45) is 4.02. The lowest BCUT2D eigenvalue weighted by Gasteiger charge is -2.01. The molecule has 0 atom stereocenters. The van der Waals surface area contributed by atoms with Crippen LogP contribution in [0.4, 0.5) is 0 Å². The molecule has 96 valence electrons. The van der Waals surface area contributed by atoms with Crippen molar-refractivity contribution >= 4 is 18.0 Å². The van der Waals surface area contributed by atoms with E-state index in [-0.39, 0.29) is 24.8 Å². The van der Waals surface area contributed by atoms with Gasteiger partial charge in [-0.15, -0.1) is 0 Å². The van der Waals surface area contributed by atoms with Gasteiger partial charge in [0.15, 0.2) is 0 Å². The summed E-state index contributed by atoms with van der Waals surface area (Å²) in [7, 11) is 2.72. The van der Waals surface area contributed by atoms with Crippen molar-refractivity contribution in [1.82, 2.24) is 0 Å². The van der Waals surface area contributed by atoms with E-state index in [1.165, 1.54) is 14.2 Å². The van der Waals surface area contributed by atoms with Crippen LogP contribution in [0.2, 0.25) is 0 Å². The van der Waals surface area contributed by atoms with Crippen LogP contribution in [0.15, 0.2) is 30.3 Å². The van der Waals surface area contributed by atoms with Crippen LogP contribution < -0.4 is 0 Å². The van der Waals surface area contributed by atoms with Gasteiger partial charge in [-0.05, 0) is 11.1 Å². The fraction of sp³-hybridized carbons (Fsp3) is 0.286. The van der Waals surface area contributed by atoms with Crippen LogP contribution in [0.5, 0.6) is 0 Å². The number of methoxy groups -OCH3 is 2. The molecule has 1 aromatic rings. The first-order chi connectivity index (χ1) is 8.65. The van der Waals surface area contributed by atoms with Gasteiger partial charge in [0.25, 0.3) is 0 Å². The minimum Gasteiger partial charge on any atom is -0.469 e. The molecular formula is C14H16O4. The Bertz CT molecular complexity index is 449. The second kappa shape index (κ2) is 7.27. The zero-order valence-electron chi connectivity index (χ0n) is 10.5. The Labute approximate surface area is 106 Å². The number of hydrogen-bond donors (Lipinski definition) is 0. The van der Waals surface area contributed by atoms with Gasteiger partial charge in [-0.3, -0.25) is 9.59 Å². The molecule has 0 spiro atoms. The molecule has 0 heterocycles. The number of carbonyl (C=O) groups excluding carboxylic acids is 2. The van der Waals surface area contributed by atoms with Crippen LogP contribution in [-0.4, -0.2) is 26.2 Å². The molecule has 0 unspecified atom stereocenters. The summed E-state index contributed by atoms with van der Waals surface area (Å²) in [5.41, 5.74) is 1.81. The zero-order valence-corrected chi connectivity index (χ0v) is 10.5. The van der Waals surface area contributed by atoms with Gasteiger partial charge in [0.2, 0.25) is 0 Å². The number of rotatable bonds is 5. The number of hydrogen-bond acceptors (Lipinski definition) is 4. The number of benzene rings is 1. The van der Waals surface area contributed by atoms with E-state index in [0.717, 1.165) is 11.1 Å². The van der Waals surface area contributed by atoms with Gasteiger partial charge in [0.1, 0.15) is 0 Å². The zero-order chi connectivity index (χ0) is 13.4. The Morgan fingerprint density at radius 2 is 1.89 bits per heavy atom. The number of ether oxygens (including phenoxy) is 2. The highest BCUT2D eigenvalue weighted by molar-refractivity contribution is 5.73. The standard InChI is InChI=1S/C14H16O4/c1-17-13(15)8-4-6-11-5-3-7-12(9-11)10-14(16)18-2/h3-7,9H,8,10H2,1-2H3. The van der Waals surface area contributed by atoms with E-state index >= 15 is 0 Å². The van der Waals surface area contributed by atoms with Crippen molar-refractivity contribution in [2.45, 2.75) is 12.8 Å². The molecule has 1 rings (SSSR count). The molecule has 1 aromatic carbocycles. The van der Waals surface area contributed by atoms with E-state index in [4.69, 9.17) is 0 Å². The smallest absolute Gasteiger partial charge is 0.309 e. The fourth-order valence-corrected chi connectivity index (χ4v) is 1.42. The Kier molecular flexibility index (Phi) is 5.64. The third-order valence-corrected chi connectivity index (χ3v) is 2.35. The van der Waals surface area contributed by atoms with Gasteiger partial charge in [-0.2, -0.15) is 0 Å². The highest BCUT2D eigenvalue weighted by Gasteiger charge is 2.02. The van der Waals surface area contributed by atoms with E-state index in [9.17, 15) is 9.59 Å². The molecule has 18 heavy (non-hydrogen) atoms. The summed E-state index contributed by atoms with van der Waals surface area (Å²) in [5.74, 6) is -0.553. The van der Waals surface area contributed by atoms with Crippen molar-refractivity contribution in [3.05, 3.63) is 41.5 Å². The first kappa shape index (κ1) is 14.0. The summed E-state index contributed by atoms with van der Waals surface area (Å²) in [5, 5.41) is 0. The monoisotopic (exact) mass is 248 g/mol. The maximum atomic E-state index is 11.1. The molecule has 4 nitrogen and oxygen atoms in total. The highest BCUT2D eigenvalue weighted by atomic mass is 16.5. The van der Waals surface area contributed by atoms with Crippen LogP contribution in [0.3, 0.4) is 0 Å². The van der Waals surface area contributed by atoms with Crippen LogP contribution in [0, 0.1) is 0 Å². The van der Waals surface area contributed by atoms with Gasteiger partial charge in [-0.1, -0.05) is 36.4 Å². The van der Waals surface area contributed by atoms with Crippen molar-refractivity contribution in [2.24, 2.45) is 0 Å². The Balaban J connectivity index is 2.64. The fourth-order valence-electron chi connectivity index (χ4n) is 1.42. The normalized spacial score (nSPS) is 10.3. The van der Waals surface area contributed by atoms with Gasteiger partial charge < -0.3 is 9.47 Å². The predicted molar refractivity (Wildman–Crippen MR) is 67.8 cm³/mol. The molecule has 0 aliphatic carbocycles. The van der Waals surface area contributed by atoms with Crippen LogP contribution in [0.25, 0.3) is 6.08 Å². The second-order valence-corrected chi connectivity index (χ2v) is 3.68. The average Bonchev–Trinajstić information content (AvgIpc) is 2.38. The van der Waals surface area contributed by atoms with E-state index in [0.29, 0.717) is 0 Å². The van der Waals surface area contributed by atoms with Crippen molar-refractivity contribution < 1.29 is 19.1 Å². The van der Waals surface area contributed by atoms with Crippen molar-refractivity contribution in [2.75, 3.05) is 14.2 Å². The SMILES string of the molecule is COC(=O)CC=Cc1cccc(CC(=O)OC)c1. The molecule has 0 saturated heterocycles. The molecule has 0 amide bonds. The first-order valence-corrected chi connectivity index (χ1v) is 5.55. The van der Waals surface area contributed by atoms with Crippen LogP contribution in [-0.2, 0) is 25.5 Å². The van der Waals surface area contributed by atoms with E-state index in [2.05, 4.69) is 9.47 Å². The van der Waals surface area contributed by atoms with Crippen molar-refractivity contribution in [1.29, 1.82) is 0 Å². The van der Waals surface area contributed by atoms with Gasteiger partial charge in [0.05, 0.1) is 27.1 Å². The quantitative estimate of drug-likeness (QED) is 0.748. The van der Waals surface area contributed by atoms with Gasteiger partial charge in [-0.25, -0.2) is 0 Å². The summed E-state index contributed by atoms with van der Waals surface area (Å²) in [6, 6.07) is 7.49. The third kappa shape index (κ3) is 4.82. The predicted octanol–water partition coefficient (Wildman–Crippen LogP) is 1.98. The van der Waals surface area contributed by atoms with Gasteiger partial charge >= 0.3 is 11.9 Å². The first-order valence-electron chi connectivity index (χ1n) is 5.55. The van der Waals surface area contributed by atoms with Crippen LogP contribution in [0.1, 0.15) is 17.5 Å². The van der Waals surface area contributed by atoms with Crippen molar-refractivity contribution in [3.63, 3.8) is 0 Å². The maximum absolute atomic E-state index is 11.1. The lowest BCUT2D eigenvalue weighted by Crippen LogP contribution is -2.04. The molecule has 0 aliphatic rings. The largest absolute Gasteiger partial charge is 0.469 e. The average molecular weight is 248 g/mol. The maximum Gasteiger partial charge on any atom is 0.309 e. The highest BCUT2D eigenvalue weighted by Crippen LogP contribution is 2.09. The third-order valence-electron chi connectivity index (χ3n) is 2.35. The summed E-state index contributed by atoms with van der Waals surface area (Å²) >= 11 is 0. The Hall–Kier alpha value is -2.10. The second-order valence-electron chi connectivity index (χ2n) is 3.68. The summed E-state index contributed by atoms with van der Waals surface area (Å²) in [6.45, 7) is 0. The molecular weight excluding hydrogens is 232 g/mol. The molecule has 0 saturated carbocycles. The summed E-state index contributed by atoms with van der Waals surface area (Å²) < 4.78 is 9.13. The number of carbonyl (C=O) groups is 2. The van der Waals surface area contributed by atoms with Crippen molar-refractivity contribution in [3.8, 4) is 0 Å². The lowest BCUT2D eigenvalue weighted by atomic mass is 10.1. The Morgan fingerprint density at radius 3 is 2.56 bits per heavy atom. The molecule has 4 heteroatoms. The molecule has 0 radical (unpaired) electrons. The minimum atomic E-state index is -0.281. The molecule has 0 aromatic heterocycles. The number of esters is 2. The Morgan fingerprint density at radius 1 is 1.17 bits per heavy atom. The van der Waals surface area contributed by atoms with Gasteiger partial charge in [0, 0.05) is 0 Å². The van der Waals surface area contributed by atoms with E-state index in [1.54, 1.807) is 6.08 Å². The minimum absolute atomic E-state index is 0.234. The topological polar surface area (TPSA) is 52.6 Å². The molecule has 0 N–H and O–H groups in total. The van der Waals surface area contributed by atoms with E-state index in [1.807, 2.05) is 30.3 Å². The molecule has 0 fully saturated rings. The molecule has 0 bridgehead atoms. The lowest BCUT2D eigenvalue weighted by molar-refractivity contribution is -0.140.